The summed E-state index contributed by atoms with van der Waals surface area (Å²) in [7, 11) is -3.37. The number of nitrogens with zero attached hydrogens (tertiary/aromatic N) is 1. The molecule has 0 spiro atoms. The van der Waals surface area contributed by atoms with E-state index in [0.29, 0.717) is 18.5 Å². The molecule has 2 N–H and O–H groups in total. The molecule has 1 heterocycles. The fourth-order valence-corrected chi connectivity index (χ4v) is 4.66. The summed E-state index contributed by atoms with van der Waals surface area (Å²) in [6.07, 6.45) is 4.39. The number of aromatic nitrogens is 2. The van der Waals surface area contributed by atoms with Crippen LogP contribution in [0.2, 0.25) is 0 Å². The second-order valence-electron chi connectivity index (χ2n) is 5.59. The zero-order chi connectivity index (χ0) is 18.3. The number of hydrogen-bond donors (Lipinski definition) is 2. The van der Waals surface area contributed by atoms with Crippen LogP contribution in [0.15, 0.2) is 41.3 Å². The van der Waals surface area contributed by atoms with E-state index in [1.165, 1.54) is 12.5 Å². The standard InChI is InChI=1S/C16H21N3O4S2/c1-24(21)11-12-25(22,23)18-9-2-3-13-4-6-14(7-5-13)15-8-10-17-19-16(15)20/h4-8,10,18H,2-3,9,11-12H2,1H3,(H,19,20). The van der Waals surface area contributed by atoms with Gasteiger partial charge in [0.25, 0.3) is 5.56 Å². The molecule has 2 aromatic rings. The average Bonchev–Trinajstić information content (AvgIpc) is 2.58. The third-order valence-corrected chi connectivity index (χ3v) is 6.02. The average molecular weight is 383 g/mol. The number of hydrogen-bond acceptors (Lipinski definition) is 5. The molecular formula is C16H21N3O4S2. The highest BCUT2D eigenvalue weighted by Gasteiger charge is 2.12. The lowest BCUT2D eigenvalue weighted by atomic mass is 10.0. The van der Waals surface area contributed by atoms with Gasteiger partial charge in [-0.2, -0.15) is 5.10 Å². The first-order valence-corrected chi connectivity index (χ1v) is 11.2. The van der Waals surface area contributed by atoms with E-state index in [2.05, 4.69) is 14.9 Å². The normalized spacial score (nSPS) is 12.9. The molecular weight excluding hydrogens is 362 g/mol. The molecule has 136 valence electrons. The predicted octanol–water partition coefficient (Wildman–Crippen LogP) is 0.667. The Balaban J connectivity index is 1.82. The Morgan fingerprint density at radius 3 is 2.60 bits per heavy atom. The lowest BCUT2D eigenvalue weighted by Crippen LogP contribution is -2.30. The Morgan fingerprint density at radius 2 is 1.96 bits per heavy atom. The van der Waals surface area contributed by atoms with Gasteiger partial charge in [-0.15, -0.1) is 0 Å². The fraction of sp³-hybridized carbons (Fsp3) is 0.375. The number of aryl methyl sites for hydroxylation is 1. The molecule has 0 radical (unpaired) electrons. The van der Waals surface area contributed by atoms with E-state index in [0.717, 1.165) is 17.5 Å². The summed E-state index contributed by atoms with van der Waals surface area (Å²) in [4.78, 5) is 11.7. The van der Waals surface area contributed by atoms with Gasteiger partial charge in [0.1, 0.15) is 11.5 Å². The van der Waals surface area contributed by atoms with Gasteiger partial charge < -0.3 is 4.55 Å². The number of rotatable bonds is 9. The Hall–Kier alpha value is -1.68. The molecule has 0 saturated carbocycles. The van der Waals surface area contributed by atoms with Crippen LogP contribution in [0.4, 0.5) is 0 Å². The van der Waals surface area contributed by atoms with Crippen LogP contribution in [0.1, 0.15) is 12.0 Å². The third kappa shape index (κ3) is 6.62. The third-order valence-electron chi connectivity index (χ3n) is 3.60. The molecule has 0 saturated heterocycles. The number of sulfonamides is 1. The van der Waals surface area contributed by atoms with Gasteiger partial charge in [0.15, 0.2) is 0 Å². The summed E-state index contributed by atoms with van der Waals surface area (Å²) in [6, 6.07) is 9.22. The van der Waals surface area contributed by atoms with E-state index in [4.69, 9.17) is 0 Å². The first-order valence-electron chi connectivity index (χ1n) is 7.78. The summed E-state index contributed by atoms with van der Waals surface area (Å²) < 4.78 is 36.9. The smallest absolute Gasteiger partial charge is 0.272 e. The fourth-order valence-electron chi connectivity index (χ4n) is 2.24. The van der Waals surface area contributed by atoms with Crippen LogP contribution in [-0.2, 0) is 27.6 Å². The SMILES string of the molecule is C[S+]([O-])CCS(=O)(=O)NCCCc1ccc(-c2ccn[nH]c2=O)cc1. The monoisotopic (exact) mass is 383 g/mol. The summed E-state index contributed by atoms with van der Waals surface area (Å²) in [6.45, 7) is 0.338. The molecule has 1 unspecified atom stereocenters. The van der Waals surface area contributed by atoms with Gasteiger partial charge in [-0.25, -0.2) is 18.2 Å². The highest BCUT2D eigenvalue weighted by Crippen LogP contribution is 2.15. The van der Waals surface area contributed by atoms with Crippen molar-refractivity contribution in [3.63, 3.8) is 0 Å². The zero-order valence-corrected chi connectivity index (χ0v) is 15.5. The van der Waals surface area contributed by atoms with Gasteiger partial charge in [0, 0.05) is 18.3 Å². The Bertz CT molecular complexity index is 833. The number of H-pyrrole nitrogens is 1. The van der Waals surface area contributed by atoms with Crippen molar-refractivity contribution in [2.45, 2.75) is 12.8 Å². The van der Waals surface area contributed by atoms with Crippen molar-refractivity contribution in [1.82, 2.24) is 14.9 Å². The highest BCUT2D eigenvalue weighted by molar-refractivity contribution is 7.93. The largest absolute Gasteiger partial charge is 0.617 e. The molecule has 0 aliphatic rings. The van der Waals surface area contributed by atoms with E-state index < -0.39 is 21.2 Å². The molecule has 0 aliphatic heterocycles. The Kier molecular flexibility index (Phi) is 7.18. The van der Waals surface area contributed by atoms with E-state index >= 15 is 0 Å². The number of nitrogens with one attached hydrogen (secondary N) is 2. The van der Waals surface area contributed by atoms with Crippen LogP contribution in [0, 0.1) is 0 Å². The van der Waals surface area contributed by atoms with Crippen molar-refractivity contribution >= 4 is 21.2 Å². The predicted molar refractivity (Wildman–Crippen MR) is 99.3 cm³/mol. The van der Waals surface area contributed by atoms with E-state index in [1.807, 2.05) is 24.3 Å². The topological polar surface area (TPSA) is 115 Å². The minimum Gasteiger partial charge on any atom is -0.617 e. The molecule has 0 amide bonds. The molecule has 2 rings (SSSR count). The van der Waals surface area contributed by atoms with Crippen molar-refractivity contribution in [2.24, 2.45) is 0 Å². The van der Waals surface area contributed by atoms with Crippen LogP contribution in [0.25, 0.3) is 11.1 Å². The molecule has 1 aromatic carbocycles. The van der Waals surface area contributed by atoms with Crippen molar-refractivity contribution < 1.29 is 13.0 Å². The lowest BCUT2D eigenvalue weighted by Gasteiger charge is -2.08. The van der Waals surface area contributed by atoms with E-state index in [9.17, 15) is 17.8 Å². The van der Waals surface area contributed by atoms with Crippen LogP contribution in [0.3, 0.4) is 0 Å². The maximum atomic E-state index is 11.7. The molecule has 0 bridgehead atoms. The molecule has 1 aromatic heterocycles. The van der Waals surface area contributed by atoms with Gasteiger partial charge in [0.05, 0.1) is 6.26 Å². The van der Waals surface area contributed by atoms with Crippen LogP contribution in [-0.4, -0.2) is 47.5 Å². The zero-order valence-electron chi connectivity index (χ0n) is 13.9. The Morgan fingerprint density at radius 1 is 1.24 bits per heavy atom. The van der Waals surface area contributed by atoms with Crippen LogP contribution < -0.4 is 10.3 Å². The van der Waals surface area contributed by atoms with Gasteiger partial charge in [-0.05, 0) is 30.0 Å². The minimum atomic E-state index is -3.37. The summed E-state index contributed by atoms with van der Waals surface area (Å²) in [5.41, 5.74) is 2.18. The van der Waals surface area contributed by atoms with Gasteiger partial charge in [-0.3, -0.25) is 4.79 Å². The lowest BCUT2D eigenvalue weighted by molar-refractivity contribution is 0.577. The van der Waals surface area contributed by atoms with Gasteiger partial charge >= 0.3 is 0 Å². The molecule has 1 atom stereocenters. The van der Waals surface area contributed by atoms with E-state index in [1.54, 1.807) is 6.07 Å². The second-order valence-corrected chi connectivity index (χ2v) is 9.07. The quantitative estimate of drug-likeness (QED) is 0.488. The summed E-state index contributed by atoms with van der Waals surface area (Å²) >= 11 is -1.12. The maximum absolute atomic E-state index is 11.7. The molecule has 25 heavy (non-hydrogen) atoms. The number of aromatic amines is 1. The molecule has 0 fully saturated rings. The Labute approximate surface area is 150 Å². The van der Waals surface area contributed by atoms with Crippen molar-refractivity contribution in [1.29, 1.82) is 0 Å². The molecule has 9 heteroatoms. The summed E-state index contributed by atoms with van der Waals surface area (Å²) in [5.74, 6) is 0.0240. The van der Waals surface area contributed by atoms with E-state index in [-0.39, 0.29) is 17.1 Å². The highest BCUT2D eigenvalue weighted by atomic mass is 32.2. The first-order chi connectivity index (χ1) is 11.9. The van der Waals surface area contributed by atoms with Crippen molar-refractivity contribution in [3.8, 4) is 11.1 Å². The van der Waals surface area contributed by atoms with Gasteiger partial charge in [0.2, 0.25) is 10.0 Å². The molecule has 0 aliphatic carbocycles. The minimum absolute atomic E-state index is 0.120. The van der Waals surface area contributed by atoms with Crippen LogP contribution >= 0.6 is 0 Å². The molecule has 7 nitrogen and oxygen atoms in total. The first kappa shape index (κ1) is 19.6. The second kappa shape index (κ2) is 9.14. The summed E-state index contributed by atoms with van der Waals surface area (Å²) in [5, 5.41) is 6.07. The maximum Gasteiger partial charge on any atom is 0.272 e. The van der Waals surface area contributed by atoms with Crippen LogP contribution in [0.5, 0.6) is 0 Å². The van der Waals surface area contributed by atoms with Crippen molar-refractivity contribution in [3.05, 3.63) is 52.4 Å². The van der Waals surface area contributed by atoms with Crippen molar-refractivity contribution in [2.75, 3.05) is 24.3 Å². The van der Waals surface area contributed by atoms with Gasteiger partial charge in [-0.1, -0.05) is 35.4 Å². The number of benzene rings is 1.